The molecule has 0 aliphatic carbocycles. The molecule has 0 fully saturated rings. The number of ether oxygens (including phenoxy) is 2. The third-order valence-electron chi connectivity index (χ3n) is 3.88. The monoisotopic (exact) mass is 397 g/mol. The highest BCUT2D eigenvalue weighted by molar-refractivity contribution is 7.92. The van der Waals surface area contributed by atoms with E-state index in [4.69, 9.17) is 16.3 Å². The maximum Gasteiger partial charge on any atom is 0.326 e. The van der Waals surface area contributed by atoms with Gasteiger partial charge in [0.05, 0.1) is 24.8 Å². The van der Waals surface area contributed by atoms with Gasteiger partial charge in [-0.25, -0.2) is 8.42 Å². The number of carbonyl (C=O) groups is 1. The summed E-state index contributed by atoms with van der Waals surface area (Å²) in [5.74, 6) is -0.0979. The minimum absolute atomic E-state index is 0.0500. The lowest BCUT2D eigenvalue weighted by atomic mass is 10.2. The van der Waals surface area contributed by atoms with Crippen LogP contribution in [0.2, 0.25) is 5.02 Å². The highest BCUT2D eigenvalue weighted by Gasteiger charge is 2.29. The summed E-state index contributed by atoms with van der Waals surface area (Å²) in [6.07, 6.45) is 0. The molecule has 140 valence electrons. The van der Waals surface area contributed by atoms with Crippen molar-refractivity contribution in [2.75, 3.05) is 25.1 Å². The molecule has 0 saturated carbocycles. The van der Waals surface area contributed by atoms with Crippen molar-refractivity contribution < 1.29 is 22.7 Å². The van der Waals surface area contributed by atoms with E-state index >= 15 is 0 Å². The second-order valence-corrected chi connectivity index (χ2v) is 7.95. The molecular formula is C18H20ClNO5S. The van der Waals surface area contributed by atoms with Crippen molar-refractivity contribution in [3.63, 3.8) is 0 Å². The summed E-state index contributed by atoms with van der Waals surface area (Å²) in [7, 11) is -1.29. The topological polar surface area (TPSA) is 72.9 Å². The van der Waals surface area contributed by atoms with Crippen molar-refractivity contribution in [3.8, 4) is 5.75 Å². The largest absolute Gasteiger partial charge is 0.496 e. The number of anilines is 1. The molecule has 2 aromatic rings. The molecule has 0 amide bonds. The number of sulfonamides is 1. The predicted octanol–water partition coefficient (Wildman–Crippen LogP) is 3.33. The molecule has 0 aliphatic rings. The quantitative estimate of drug-likeness (QED) is 0.699. The van der Waals surface area contributed by atoms with Gasteiger partial charge in [0.15, 0.2) is 0 Å². The first kappa shape index (κ1) is 20.1. The minimum atomic E-state index is -4.01. The van der Waals surface area contributed by atoms with Crippen LogP contribution in [-0.4, -0.2) is 35.2 Å². The Morgan fingerprint density at radius 1 is 1.08 bits per heavy atom. The van der Waals surface area contributed by atoms with E-state index in [-0.39, 0.29) is 4.90 Å². The zero-order valence-electron chi connectivity index (χ0n) is 14.9. The fraction of sp³-hybridized carbons (Fsp3) is 0.278. The second kappa shape index (κ2) is 7.97. The second-order valence-electron chi connectivity index (χ2n) is 5.65. The van der Waals surface area contributed by atoms with Gasteiger partial charge in [0.1, 0.15) is 12.3 Å². The van der Waals surface area contributed by atoms with E-state index in [2.05, 4.69) is 4.74 Å². The number of carbonyl (C=O) groups excluding carboxylic acids is 1. The third-order valence-corrected chi connectivity index (χ3v) is 5.87. The van der Waals surface area contributed by atoms with Gasteiger partial charge in [-0.2, -0.15) is 0 Å². The van der Waals surface area contributed by atoms with Gasteiger partial charge in [0.2, 0.25) is 0 Å². The summed E-state index contributed by atoms with van der Waals surface area (Å²) in [5.41, 5.74) is 1.64. The fourth-order valence-electron chi connectivity index (χ4n) is 2.52. The summed E-state index contributed by atoms with van der Waals surface area (Å²) in [4.78, 5) is 11.9. The molecule has 0 aliphatic heterocycles. The Morgan fingerprint density at radius 2 is 1.77 bits per heavy atom. The van der Waals surface area contributed by atoms with E-state index < -0.39 is 22.5 Å². The summed E-state index contributed by atoms with van der Waals surface area (Å²) in [6.45, 7) is 3.02. The lowest BCUT2D eigenvalue weighted by molar-refractivity contribution is -0.138. The van der Waals surface area contributed by atoms with Gasteiger partial charge < -0.3 is 9.47 Å². The molecule has 0 heterocycles. The Hall–Kier alpha value is -2.25. The first-order valence-electron chi connectivity index (χ1n) is 7.71. The number of methoxy groups -OCH3 is 2. The maximum absolute atomic E-state index is 13.2. The maximum atomic E-state index is 13.2. The summed E-state index contributed by atoms with van der Waals surface area (Å²) >= 11 is 5.97. The molecule has 0 spiro atoms. The molecule has 0 unspecified atom stereocenters. The van der Waals surface area contributed by atoms with Gasteiger partial charge in [0, 0.05) is 5.02 Å². The smallest absolute Gasteiger partial charge is 0.326 e. The van der Waals surface area contributed by atoms with E-state index in [0.717, 1.165) is 4.31 Å². The molecular weight excluding hydrogens is 378 g/mol. The average molecular weight is 398 g/mol. The summed E-state index contributed by atoms with van der Waals surface area (Å²) < 4.78 is 37.3. The van der Waals surface area contributed by atoms with Gasteiger partial charge in [-0.05, 0) is 61.4 Å². The zero-order valence-corrected chi connectivity index (χ0v) is 16.5. The Kier molecular flexibility index (Phi) is 6.15. The number of aryl methyl sites for hydroxylation is 2. The Labute approximate surface area is 158 Å². The van der Waals surface area contributed by atoms with Gasteiger partial charge in [0.25, 0.3) is 10.0 Å². The van der Waals surface area contributed by atoms with E-state index in [9.17, 15) is 13.2 Å². The van der Waals surface area contributed by atoms with Crippen LogP contribution in [0, 0.1) is 13.8 Å². The van der Waals surface area contributed by atoms with Crippen LogP contribution in [0.25, 0.3) is 0 Å². The van der Waals surface area contributed by atoms with Crippen molar-refractivity contribution in [2.45, 2.75) is 18.7 Å². The molecule has 2 aromatic carbocycles. The molecule has 0 aromatic heterocycles. The zero-order chi connectivity index (χ0) is 19.5. The van der Waals surface area contributed by atoms with Gasteiger partial charge >= 0.3 is 5.97 Å². The van der Waals surface area contributed by atoms with Crippen molar-refractivity contribution in [3.05, 3.63) is 52.5 Å². The Bertz CT molecular complexity index is 927. The summed E-state index contributed by atoms with van der Waals surface area (Å²) in [6, 6.07) is 9.29. The van der Waals surface area contributed by atoms with E-state index in [0.29, 0.717) is 27.6 Å². The summed E-state index contributed by atoms with van der Waals surface area (Å²) in [5, 5.41) is 0.474. The molecule has 0 N–H and O–H groups in total. The van der Waals surface area contributed by atoms with E-state index in [1.54, 1.807) is 38.1 Å². The first-order valence-corrected chi connectivity index (χ1v) is 9.53. The molecule has 0 atom stereocenters. The number of hydrogen-bond acceptors (Lipinski definition) is 5. The number of nitrogens with zero attached hydrogens (tertiary/aromatic N) is 1. The molecule has 0 saturated heterocycles. The minimum Gasteiger partial charge on any atom is -0.496 e. The lowest BCUT2D eigenvalue weighted by Gasteiger charge is -2.25. The van der Waals surface area contributed by atoms with Crippen LogP contribution < -0.4 is 9.04 Å². The van der Waals surface area contributed by atoms with Crippen molar-refractivity contribution in [2.24, 2.45) is 0 Å². The van der Waals surface area contributed by atoms with E-state index in [1.165, 1.54) is 26.4 Å². The molecule has 26 heavy (non-hydrogen) atoms. The first-order chi connectivity index (χ1) is 12.2. The number of halogens is 1. The van der Waals surface area contributed by atoms with Crippen LogP contribution >= 0.6 is 11.6 Å². The molecule has 6 nitrogen and oxygen atoms in total. The molecule has 2 rings (SSSR count). The van der Waals surface area contributed by atoms with Crippen LogP contribution in [0.1, 0.15) is 11.1 Å². The molecule has 0 radical (unpaired) electrons. The standard InChI is InChI=1S/C18H20ClNO5S/c1-12-9-14(19)5-7-16(12)20(11-18(21)25-4)26(22,23)15-6-8-17(24-3)13(2)10-15/h5-10H,11H2,1-4H3. The number of rotatable bonds is 6. The van der Waals surface area contributed by atoms with Gasteiger partial charge in [-0.15, -0.1) is 0 Å². The van der Waals surface area contributed by atoms with Crippen LogP contribution in [0.15, 0.2) is 41.3 Å². The van der Waals surface area contributed by atoms with Crippen molar-refractivity contribution in [1.29, 1.82) is 0 Å². The molecule has 0 bridgehead atoms. The average Bonchev–Trinajstić information content (AvgIpc) is 2.59. The highest BCUT2D eigenvalue weighted by atomic mass is 35.5. The SMILES string of the molecule is COC(=O)CN(c1ccc(Cl)cc1C)S(=O)(=O)c1ccc(OC)c(C)c1. The Balaban J connectivity index is 2.59. The molecule has 8 heteroatoms. The van der Waals surface area contributed by atoms with Crippen molar-refractivity contribution >= 4 is 33.3 Å². The number of esters is 1. The van der Waals surface area contributed by atoms with Crippen LogP contribution in [0.4, 0.5) is 5.69 Å². The lowest BCUT2D eigenvalue weighted by Crippen LogP contribution is -2.36. The van der Waals surface area contributed by atoms with Crippen LogP contribution in [0.5, 0.6) is 5.75 Å². The Morgan fingerprint density at radius 3 is 2.31 bits per heavy atom. The van der Waals surface area contributed by atoms with Crippen molar-refractivity contribution in [1.82, 2.24) is 0 Å². The van der Waals surface area contributed by atoms with Gasteiger partial charge in [-0.1, -0.05) is 11.6 Å². The van der Waals surface area contributed by atoms with Crippen LogP contribution in [0.3, 0.4) is 0 Å². The predicted molar refractivity (Wildman–Crippen MR) is 100 cm³/mol. The van der Waals surface area contributed by atoms with Crippen LogP contribution in [-0.2, 0) is 19.6 Å². The van der Waals surface area contributed by atoms with E-state index in [1.807, 2.05) is 0 Å². The fourth-order valence-corrected chi connectivity index (χ4v) is 4.30. The number of hydrogen-bond donors (Lipinski definition) is 0. The normalized spacial score (nSPS) is 11.1. The number of benzene rings is 2. The third kappa shape index (κ3) is 4.11. The van der Waals surface area contributed by atoms with Gasteiger partial charge in [-0.3, -0.25) is 9.10 Å². The highest BCUT2D eigenvalue weighted by Crippen LogP contribution is 2.30.